The van der Waals surface area contributed by atoms with Crippen LogP contribution in [0.4, 0.5) is 0 Å². The van der Waals surface area contributed by atoms with E-state index in [2.05, 4.69) is 36.4 Å². The van der Waals surface area contributed by atoms with E-state index in [1.165, 1.54) is 11.8 Å². The van der Waals surface area contributed by atoms with Crippen LogP contribution in [0.5, 0.6) is 0 Å². The van der Waals surface area contributed by atoms with Gasteiger partial charge in [0.25, 0.3) is 5.91 Å². The van der Waals surface area contributed by atoms with Crippen LogP contribution in [0.1, 0.15) is 12.5 Å². The van der Waals surface area contributed by atoms with E-state index in [0.29, 0.717) is 5.16 Å². The molecular formula is C14H13BrN4OS. The second-order valence-electron chi connectivity index (χ2n) is 4.06. The molecule has 1 aromatic carbocycles. The molecule has 0 atom stereocenters. The lowest BCUT2D eigenvalue weighted by atomic mass is 10.1. The third-order valence-electron chi connectivity index (χ3n) is 2.48. The van der Waals surface area contributed by atoms with Crippen LogP contribution in [0, 0.1) is 0 Å². The fourth-order valence-corrected chi connectivity index (χ4v) is 2.28. The summed E-state index contributed by atoms with van der Waals surface area (Å²) in [6.07, 6.45) is 3.28. The van der Waals surface area contributed by atoms with E-state index in [4.69, 9.17) is 0 Å². The van der Waals surface area contributed by atoms with Crippen molar-refractivity contribution >= 4 is 39.3 Å². The van der Waals surface area contributed by atoms with E-state index in [1.54, 1.807) is 18.5 Å². The molecule has 2 rings (SSSR count). The highest BCUT2D eigenvalue weighted by Crippen LogP contribution is 2.11. The first-order valence-corrected chi connectivity index (χ1v) is 7.92. The Hall–Kier alpha value is -1.73. The molecule has 1 N–H and O–H groups in total. The highest BCUT2D eigenvalue weighted by Gasteiger charge is 2.04. The topological polar surface area (TPSA) is 67.2 Å². The Labute approximate surface area is 135 Å². The summed E-state index contributed by atoms with van der Waals surface area (Å²) < 4.78 is 1.00. The second-order valence-corrected chi connectivity index (χ2v) is 5.92. The Morgan fingerprint density at radius 3 is 2.62 bits per heavy atom. The van der Waals surface area contributed by atoms with E-state index in [-0.39, 0.29) is 11.7 Å². The standard InChI is InChI=1S/C14H13BrN4OS/c1-10(11-3-5-12(15)6-4-11)18-19-13(20)9-21-14-16-7-2-8-17-14/h2-8H,9H2,1H3,(H,19,20)/b18-10-. The first-order chi connectivity index (χ1) is 10.1. The van der Waals surface area contributed by atoms with Gasteiger partial charge in [-0.25, -0.2) is 15.4 Å². The maximum Gasteiger partial charge on any atom is 0.250 e. The molecule has 1 heterocycles. The molecule has 0 bridgehead atoms. The molecule has 0 aliphatic rings. The minimum atomic E-state index is -0.191. The number of amides is 1. The lowest BCUT2D eigenvalue weighted by molar-refractivity contribution is -0.118. The van der Waals surface area contributed by atoms with Crippen molar-refractivity contribution in [1.82, 2.24) is 15.4 Å². The maximum absolute atomic E-state index is 11.7. The van der Waals surface area contributed by atoms with E-state index >= 15 is 0 Å². The molecule has 0 aliphatic carbocycles. The lowest BCUT2D eigenvalue weighted by Gasteiger charge is -2.03. The minimum Gasteiger partial charge on any atom is -0.272 e. The summed E-state index contributed by atoms with van der Waals surface area (Å²) in [6.45, 7) is 1.84. The minimum absolute atomic E-state index is 0.191. The molecule has 5 nitrogen and oxygen atoms in total. The van der Waals surface area contributed by atoms with Gasteiger partial charge in [-0.3, -0.25) is 4.79 Å². The molecule has 0 aliphatic heterocycles. The summed E-state index contributed by atoms with van der Waals surface area (Å²) in [5.74, 6) is 0.0325. The molecule has 0 saturated heterocycles. The van der Waals surface area contributed by atoms with E-state index in [9.17, 15) is 4.79 Å². The number of carbonyl (C=O) groups is 1. The van der Waals surface area contributed by atoms with Gasteiger partial charge in [-0.2, -0.15) is 5.10 Å². The summed E-state index contributed by atoms with van der Waals surface area (Å²) in [6, 6.07) is 9.46. The van der Waals surface area contributed by atoms with Crippen LogP contribution in [0.15, 0.2) is 57.5 Å². The third kappa shape index (κ3) is 5.28. The summed E-state index contributed by atoms with van der Waals surface area (Å²) in [7, 11) is 0. The number of hydrazone groups is 1. The molecular weight excluding hydrogens is 352 g/mol. The Morgan fingerprint density at radius 2 is 1.95 bits per heavy atom. The van der Waals surface area contributed by atoms with Crippen LogP contribution >= 0.6 is 27.7 Å². The van der Waals surface area contributed by atoms with Gasteiger partial charge < -0.3 is 0 Å². The van der Waals surface area contributed by atoms with Crippen molar-refractivity contribution in [2.45, 2.75) is 12.1 Å². The Bertz CT molecular complexity index is 631. The van der Waals surface area contributed by atoms with Crippen LogP contribution in [0.25, 0.3) is 0 Å². The molecule has 2 aromatic rings. The Morgan fingerprint density at radius 1 is 1.29 bits per heavy atom. The summed E-state index contributed by atoms with van der Waals surface area (Å²) in [5.41, 5.74) is 4.23. The average molecular weight is 365 g/mol. The van der Waals surface area contributed by atoms with Gasteiger partial charge in [0.2, 0.25) is 0 Å². The molecule has 7 heteroatoms. The lowest BCUT2D eigenvalue weighted by Crippen LogP contribution is -2.21. The predicted molar refractivity (Wildman–Crippen MR) is 87.3 cm³/mol. The van der Waals surface area contributed by atoms with Crippen molar-refractivity contribution in [3.63, 3.8) is 0 Å². The molecule has 21 heavy (non-hydrogen) atoms. The van der Waals surface area contributed by atoms with Gasteiger partial charge in [0, 0.05) is 16.9 Å². The highest BCUT2D eigenvalue weighted by molar-refractivity contribution is 9.10. The number of thioether (sulfide) groups is 1. The third-order valence-corrected chi connectivity index (χ3v) is 3.89. The number of hydrogen-bond donors (Lipinski definition) is 1. The number of carbonyl (C=O) groups excluding carboxylic acids is 1. The second kappa shape index (κ2) is 7.90. The van der Waals surface area contributed by atoms with Crippen LogP contribution in [0.2, 0.25) is 0 Å². The fraction of sp³-hybridized carbons (Fsp3) is 0.143. The monoisotopic (exact) mass is 364 g/mol. The summed E-state index contributed by atoms with van der Waals surface area (Å²) in [5, 5.41) is 4.65. The van der Waals surface area contributed by atoms with Crippen molar-refractivity contribution < 1.29 is 4.79 Å². The number of hydrogen-bond acceptors (Lipinski definition) is 5. The molecule has 0 unspecified atom stereocenters. The van der Waals surface area contributed by atoms with Gasteiger partial charge in [-0.15, -0.1) is 0 Å². The van der Waals surface area contributed by atoms with E-state index in [1.807, 2.05) is 31.2 Å². The van der Waals surface area contributed by atoms with E-state index < -0.39 is 0 Å². The molecule has 1 aromatic heterocycles. The molecule has 0 saturated carbocycles. The SMILES string of the molecule is C/C(=N/NC(=O)CSc1ncccn1)c1ccc(Br)cc1. The first kappa shape index (κ1) is 15.7. The number of benzene rings is 1. The maximum atomic E-state index is 11.7. The van der Waals surface area contributed by atoms with Gasteiger partial charge in [-0.1, -0.05) is 39.8 Å². The zero-order valence-corrected chi connectivity index (χ0v) is 13.7. The van der Waals surface area contributed by atoms with Crippen molar-refractivity contribution in [1.29, 1.82) is 0 Å². The average Bonchev–Trinajstić information content (AvgIpc) is 2.52. The van der Waals surface area contributed by atoms with Gasteiger partial charge in [0.15, 0.2) is 5.16 Å². The number of nitrogens with one attached hydrogen (secondary N) is 1. The van der Waals surface area contributed by atoms with Gasteiger partial charge in [0.1, 0.15) is 0 Å². The van der Waals surface area contributed by atoms with Gasteiger partial charge >= 0.3 is 0 Å². The number of halogens is 1. The predicted octanol–water partition coefficient (Wildman–Crippen LogP) is 2.87. The van der Waals surface area contributed by atoms with Crippen molar-refractivity contribution in [2.75, 3.05) is 5.75 Å². The zero-order chi connectivity index (χ0) is 15.1. The van der Waals surface area contributed by atoms with Crippen molar-refractivity contribution in [2.24, 2.45) is 5.10 Å². The van der Waals surface area contributed by atoms with Gasteiger partial charge in [0.05, 0.1) is 11.5 Å². The largest absolute Gasteiger partial charge is 0.272 e. The Kier molecular flexibility index (Phi) is 5.89. The molecule has 108 valence electrons. The molecule has 0 spiro atoms. The summed E-state index contributed by atoms with van der Waals surface area (Å²) in [4.78, 5) is 19.8. The molecule has 1 amide bonds. The van der Waals surface area contributed by atoms with Gasteiger partial charge in [-0.05, 0) is 30.7 Å². The Balaban J connectivity index is 1.85. The quantitative estimate of drug-likeness (QED) is 0.383. The summed E-state index contributed by atoms with van der Waals surface area (Å²) >= 11 is 4.64. The number of aromatic nitrogens is 2. The van der Waals surface area contributed by atoms with Crippen LogP contribution in [0.3, 0.4) is 0 Å². The van der Waals surface area contributed by atoms with Crippen LogP contribution in [-0.2, 0) is 4.79 Å². The highest BCUT2D eigenvalue weighted by atomic mass is 79.9. The van der Waals surface area contributed by atoms with Crippen molar-refractivity contribution in [3.8, 4) is 0 Å². The molecule has 0 fully saturated rings. The smallest absolute Gasteiger partial charge is 0.250 e. The first-order valence-electron chi connectivity index (χ1n) is 6.14. The normalized spacial score (nSPS) is 11.2. The zero-order valence-electron chi connectivity index (χ0n) is 11.3. The number of rotatable bonds is 5. The van der Waals surface area contributed by atoms with Crippen LogP contribution < -0.4 is 5.43 Å². The van der Waals surface area contributed by atoms with Crippen molar-refractivity contribution in [3.05, 3.63) is 52.8 Å². The molecule has 0 radical (unpaired) electrons. The van der Waals surface area contributed by atoms with E-state index in [0.717, 1.165) is 15.7 Å². The number of nitrogens with zero attached hydrogens (tertiary/aromatic N) is 3. The fourth-order valence-electron chi connectivity index (χ4n) is 1.42. The van der Waals surface area contributed by atoms with Crippen LogP contribution in [-0.4, -0.2) is 27.3 Å².